The minimum absolute atomic E-state index is 0. The molecule has 0 heterocycles. The second-order valence-electron chi connectivity index (χ2n) is 2.08. The molecule has 94 valence electrons. The van der Waals surface area contributed by atoms with Crippen LogP contribution in [0.15, 0.2) is 0 Å². The predicted molar refractivity (Wildman–Crippen MR) is 65.0 cm³/mol. The van der Waals surface area contributed by atoms with Crippen molar-refractivity contribution >= 4 is 46.6 Å². The van der Waals surface area contributed by atoms with Gasteiger partial charge in [-0.15, -0.1) is 0 Å². The molecule has 0 aromatic rings. The lowest BCUT2D eigenvalue weighted by Gasteiger charge is -1.89. The van der Waals surface area contributed by atoms with Crippen molar-refractivity contribution in [2.24, 2.45) is 0 Å². The highest BCUT2D eigenvalue weighted by Crippen LogP contribution is 2.03. The molecule has 3 N–H and O–H groups in total. The van der Waals surface area contributed by atoms with E-state index in [4.69, 9.17) is 34.8 Å². The molecule has 0 aliphatic heterocycles. The van der Waals surface area contributed by atoms with Crippen molar-refractivity contribution < 1.29 is 14.3 Å². The molecule has 0 unspecified atom stereocenters. The van der Waals surface area contributed by atoms with E-state index in [-0.39, 0.29) is 17.9 Å². The summed E-state index contributed by atoms with van der Waals surface area (Å²) >= 11 is 14.4. The number of Topliss-reactive ketones (excluding diaryl/α,β-unsaturated/α-hetero) is 1. The number of esters is 1. The zero-order valence-corrected chi connectivity index (χ0v) is 11.6. The van der Waals surface area contributed by atoms with Crippen molar-refractivity contribution in [1.29, 1.82) is 0 Å². The molecular formula is C8H18Cl3NO3. The SMILES string of the molecule is CC(C)=O.CCOC(C)=O.ClC(Cl)Cl.N. The lowest BCUT2D eigenvalue weighted by atomic mass is 10.6. The standard InChI is InChI=1S/C4H8O2.C3H6O.CHCl3.H3N/c1-3-6-4(2)5;1-3(2)4;2-1(3)4;/h3H2,1-2H3;1-2H3;1H;1H3. The zero-order chi connectivity index (χ0) is 12.1. The lowest BCUT2D eigenvalue weighted by Crippen LogP contribution is -1.95. The summed E-state index contributed by atoms with van der Waals surface area (Å²) in [6, 6.07) is 0. The van der Waals surface area contributed by atoms with Gasteiger partial charge in [-0.1, -0.05) is 34.8 Å². The number of ether oxygens (including phenoxy) is 1. The molecule has 4 nitrogen and oxygen atoms in total. The van der Waals surface area contributed by atoms with E-state index in [2.05, 4.69) is 4.74 Å². The van der Waals surface area contributed by atoms with Crippen LogP contribution in [0.5, 0.6) is 0 Å². The summed E-state index contributed by atoms with van der Waals surface area (Å²) in [4.78, 5) is 19.3. The molecule has 0 bridgehead atoms. The van der Waals surface area contributed by atoms with Crippen molar-refractivity contribution in [3.05, 3.63) is 0 Å². The highest BCUT2D eigenvalue weighted by Gasteiger charge is 1.81. The quantitative estimate of drug-likeness (QED) is 0.591. The Morgan fingerprint density at radius 3 is 1.33 bits per heavy atom. The fourth-order valence-electron chi connectivity index (χ4n) is 0.203. The largest absolute Gasteiger partial charge is 0.466 e. The number of hydrogen-bond donors (Lipinski definition) is 1. The molecule has 0 aliphatic rings. The van der Waals surface area contributed by atoms with E-state index >= 15 is 0 Å². The summed E-state index contributed by atoms with van der Waals surface area (Å²) in [7, 11) is 0. The van der Waals surface area contributed by atoms with Gasteiger partial charge in [-0.05, 0) is 20.8 Å². The summed E-state index contributed by atoms with van der Waals surface area (Å²) in [6.07, 6.45) is 0. The number of carbonyl (C=O) groups excluding carboxylic acids is 2. The van der Waals surface area contributed by atoms with Gasteiger partial charge in [0.2, 0.25) is 0 Å². The van der Waals surface area contributed by atoms with Crippen LogP contribution in [0.4, 0.5) is 0 Å². The predicted octanol–water partition coefficient (Wildman–Crippen LogP) is 3.31. The van der Waals surface area contributed by atoms with Gasteiger partial charge in [-0.3, -0.25) is 4.79 Å². The van der Waals surface area contributed by atoms with E-state index in [0.29, 0.717) is 6.61 Å². The Kier molecular flexibility index (Phi) is 31.6. The third-order valence-corrected chi connectivity index (χ3v) is 0.348. The van der Waals surface area contributed by atoms with E-state index in [1.54, 1.807) is 6.92 Å². The van der Waals surface area contributed by atoms with E-state index in [0.717, 1.165) is 0 Å². The van der Waals surface area contributed by atoms with Gasteiger partial charge >= 0.3 is 5.97 Å². The molecule has 7 heteroatoms. The summed E-state index contributed by atoms with van der Waals surface area (Å²) < 4.78 is 3.65. The van der Waals surface area contributed by atoms with Gasteiger partial charge in [-0.25, -0.2) is 0 Å². The monoisotopic (exact) mass is 281 g/mol. The van der Waals surface area contributed by atoms with Crippen molar-refractivity contribution in [2.45, 2.75) is 32.0 Å². The van der Waals surface area contributed by atoms with Crippen LogP contribution >= 0.6 is 34.8 Å². The number of alkyl halides is 3. The van der Waals surface area contributed by atoms with Crippen LogP contribution in [0.25, 0.3) is 0 Å². The van der Waals surface area contributed by atoms with Crippen molar-refractivity contribution in [3.63, 3.8) is 0 Å². The van der Waals surface area contributed by atoms with Crippen LogP contribution in [-0.4, -0.2) is 22.7 Å². The second kappa shape index (κ2) is 19.5. The maximum Gasteiger partial charge on any atom is 0.302 e. The first-order valence-corrected chi connectivity index (χ1v) is 5.07. The van der Waals surface area contributed by atoms with Crippen LogP contribution in [0.2, 0.25) is 0 Å². The average Bonchev–Trinajstić information content (AvgIpc) is 1.82. The minimum Gasteiger partial charge on any atom is -0.466 e. The summed E-state index contributed by atoms with van der Waals surface area (Å²) in [5, 5.41) is 0. The lowest BCUT2D eigenvalue weighted by molar-refractivity contribution is -0.140. The molecule has 0 saturated carbocycles. The maximum absolute atomic E-state index is 9.82. The average molecular weight is 283 g/mol. The Labute approximate surface area is 106 Å². The molecule has 0 atom stereocenters. The number of carbonyl (C=O) groups is 2. The van der Waals surface area contributed by atoms with Gasteiger partial charge in [0.1, 0.15) is 5.78 Å². The second-order valence-corrected chi connectivity index (χ2v) is 4.06. The highest BCUT2D eigenvalue weighted by molar-refractivity contribution is 6.63. The molecule has 0 aliphatic carbocycles. The zero-order valence-electron chi connectivity index (χ0n) is 9.35. The van der Waals surface area contributed by atoms with Gasteiger partial charge < -0.3 is 15.7 Å². The molecule has 0 amide bonds. The molecule has 0 radical (unpaired) electrons. The number of rotatable bonds is 1. The van der Waals surface area contributed by atoms with Gasteiger partial charge in [0.15, 0.2) is 4.30 Å². The first-order valence-electron chi connectivity index (χ1n) is 3.76. The Bertz CT molecular complexity index is 147. The topological polar surface area (TPSA) is 78.4 Å². The number of halogens is 3. The molecular weight excluding hydrogens is 264 g/mol. The molecule has 0 aromatic heterocycles. The van der Waals surface area contributed by atoms with Crippen LogP contribution in [-0.2, 0) is 14.3 Å². The minimum atomic E-state index is -0.750. The van der Waals surface area contributed by atoms with Crippen LogP contribution in [0, 0.1) is 0 Å². The first-order chi connectivity index (χ1) is 6.23. The maximum atomic E-state index is 9.82. The Morgan fingerprint density at radius 2 is 1.33 bits per heavy atom. The fourth-order valence-corrected chi connectivity index (χ4v) is 0.203. The first kappa shape index (κ1) is 24.3. The highest BCUT2D eigenvalue weighted by atomic mass is 35.6. The molecule has 0 fully saturated rings. The third-order valence-electron chi connectivity index (χ3n) is 0.348. The van der Waals surface area contributed by atoms with Gasteiger partial charge in [0.05, 0.1) is 6.61 Å². The summed E-state index contributed by atoms with van der Waals surface area (Å²) in [6.45, 7) is 6.71. The van der Waals surface area contributed by atoms with Crippen molar-refractivity contribution in [2.75, 3.05) is 6.61 Å². The van der Waals surface area contributed by atoms with Crippen LogP contribution in [0.1, 0.15) is 27.7 Å². The van der Waals surface area contributed by atoms with Crippen LogP contribution < -0.4 is 6.15 Å². The van der Waals surface area contributed by atoms with Gasteiger partial charge in [0, 0.05) is 6.92 Å². The third kappa shape index (κ3) is 227. The van der Waals surface area contributed by atoms with E-state index in [1.165, 1.54) is 20.8 Å². The Hall–Kier alpha value is -0.0300. The van der Waals surface area contributed by atoms with Crippen LogP contribution in [0.3, 0.4) is 0 Å². The van der Waals surface area contributed by atoms with E-state index in [9.17, 15) is 9.59 Å². The number of ketones is 1. The smallest absolute Gasteiger partial charge is 0.302 e. The van der Waals surface area contributed by atoms with Gasteiger partial charge in [0.25, 0.3) is 0 Å². The Morgan fingerprint density at radius 1 is 1.13 bits per heavy atom. The molecule has 0 rings (SSSR count). The van der Waals surface area contributed by atoms with Crippen molar-refractivity contribution in [3.8, 4) is 0 Å². The summed E-state index contributed by atoms with van der Waals surface area (Å²) in [5.74, 6) is -0.0440. The molecule has 0 saturated heterocycles. The Balaban J connectivity index is -0.0000000606. The fraction of sp³-hybridized carbons (Fsp3) is 0.750. The van der Waals surface area contributed by atoms with E-state index < -0.39 is 4.30 Å². The van der Waals surface area contributed by atoms with Crippen molar-refractivity contribution in [1.82, 2.24) is 6.15 Å². The normalized spacial score (nSPS) is 7.20. The summed E-state index contributed by atoms with van der Waals surface area (Å²) in [5.41, 5.74) is 0. The van der Waals surface area contributed by atoms with Gasteiger partial charge in [-0.2, -0.15) is 0 Å². The number of hydrogen-bond acceptors (Lipinski definition) is 4. The van der Waals surface area contributed by atoms with E-state index in [1.807, 2.05) is 0 Å². The molecule has 15 heavy (non-hydrogen) atoms. The molecule has 0 spiro atoms. The molecule has 0 aromatic carbocycles.